The quantitative estimate of drug-likeness (QED) is 0.687. The number of hydrogen-bond acceptors (Lipinski definition) is 6. The molecule has 2 aromatic rings. The van der Waals surface area contributed by atoms with Gasteiger partial charge in [-0.1, -0.05) is 12.1 Å². The number of hydrogen-bond donors (Lipinski definition) is 2. The van der Waals surface area contributed by atoms with Crippen LogP contribution in [-0.2, 0) is 14.8 Å². The lowest BCUT2D eigenvalue weighted by Crippen LogP contribution is -2.43. The molecular weight excluding hydrogens is 414 g/mol. The summed E-state index contributed by atoms with van der Waals surface area (Å²) in [6, 6.07) is 12.2. The average molecular weight is 442 g/mol. The van der Waals surface area contributed by atoms with Crippen molar-refractivity contribution in [2.75, 3.05) is 50.0 Å². The summed E-state index contributed by atoms with van der Waals surface area (Å²) >= 11 is 0. The maximum absolute atomic E-state index is 13.0. The summed E-state index contributed by atoms with van der Waals surface area (Å²) in [6.07, 6.45) is -0.121. The molecule has 3 rings (SSSR count). The maximum atomic E-state index is 13.0. The molecule has 0 saturated carbocycles. The first-order valence-corrected chi connectivity index (χ1v) is 10.7. The lowest BCUT2D eigenvalue weighted by atomic mass is 10.1. The van der Waals surface area contributed by atoms with Crippen molar-refractivity contribution in [3.63, 3.8) is 0 Å². The highest BCUT2D eigenvalue weighted by Crippen LogP contribution is 2.32. The SMILES string of the molecule is COc1ccc(S(=O)(=O)Nc2cccc(C(C)OC)c2)cc1N1CCNCC1.Cl. The second-order valence-corrected chi connectivity index (χ2v) is 8.36. The van der Waals surface area contributed by atoms with Crippen molar-refractivity contribution in [1.82, 2.24) is 5.32 Å². The number of benzene rings is 2. The Morgan fingerprint density at radius 3 is 2.48 bits per heavy atom. The predicted octanol–water partition coefficient (Wildman–Crippen LogP) is 3.03. The van der Waals surface area contributed by atoms with E-state index in [9.17, 15) is 8.42 Å². The Morgan fingerprint density at radius 1 is 1.10 bits per heavy atom. The number of sulfonamides is 1. The lowest BCUT2D eigenvalue weighted by Gasteiger charge is -2.30. The topological polar surface area (TPSA) is 79.9 Å². The van der Waals surface area contributed by atoms with Crippen molar-refractivity contribution in [1.29, 1.82) is 0 Å². The van der Waals surface area contributed by atoms with E-state index < -0.39 is 10.0 Å². The van der Waals surface area contributed by atoms with Crippen LogP contribution in [0.5, 0.6) is 5.75 Å². The van der Waals surface area contributed by atoms with Crippen molar-refractivity contribution < 1.29 is 17.9 Å². The molecule has 29 heavy (non-hydrogen) atoms. The summed E-state index contributed by atoms with van der Waals surface area (Å²) in [7, 11) is -0.523. The van der Waals surface area contributed by atoms with Crippen molar-refractivity contribution in [2.24, 2.45) is 0 Å². The van der Waals surface area contributed by atoms with E-state index in [0.29, 0.717) is 11.4 Å². The number of rotatable bonds is 7. The summed E-state index contributed by atoms with van der Waals surface area (Å²) in [6.45, 7) is 5.21. The van der Waals surface area contributed by atoms with Crippen molar-refractivity contribution in [3.05, 3.63) is 48.0 Å². The third kappa shape index (κ3) is 5.54. The van der Waals surface area contributed by atoms with Crippen LogP contribution in [0.3, 0.4) is 0 Å². The first kappa shape index (κ1) is 23.3. The van der Waals surface area contributed by atoms with Gasteiger partial charge in [0.15, 0.2) is 0 Å². The monoisotopic (exact) mass is 441 g/mol. The summed E-state index contributed by atoms with van der Waals surface area (Å²) in [5.41, 5.74) is 2.19. The van der Waals surface area contributed by atoms with E-state index in [2.05, 4.69) is 14.9 Å². The van der Waals surface area contributed by atoms with Gasteiger partial charge in [-0.05, 0) is 42.8 Å². The van der Waals surface area contributed by atoms with Crippen LogP contribution in [0.15, 0.2) is 47.4 Å². The number of anilines is 2. The van der Waals surface area contributed by atoms with E-state index >= 15 is 0 Å². The maximum Gasteiger partial charge on any atom is 0.261 e. The van der Waals surface area contributed by atoms with Crippen LogP contribution < -0.4 is 19.7 Å². The molecule has 160 valence electrons. The zero-order valence-corrected chi connectivity index (χ0v) is 18.5. The van der Waals surface area contributed by atoms with Crippen LogP contribution in [0, 0.1) is 0 Å². The van der Waals surface area contributed by atoms with Gasteiger partial charge in [-0.2, -0.15) is 0 Å². The van der Waals surface area contributed by atoms with Gasteiger partial charge in [0.1, 0.15) is 5.75 Å². The minimum absolute atomic E-state index is 0. The van der Waals surface area contributed by atoms with E-state index in [0.717, 1.165) is 37.4 Å². The van der Waals surface area contributed by atoms with Gasteiger partial charge in [0.25, 0.3) is 10.0 Å². The Bertz CT molecular complexity index is 918. The van der Waals surface area contributed by atoms with E-state index in [1.807, 2.05) is 19.1 Å². The third-order valence-electron chi connectivity index (χ3n) is 4.88. The summed E-state index contributed by atoms with van der Waals surface area (Å²) in [5.74, 6) is 0.664. The Kier molecular flexibility index (Phi) is 8.15. The Balaban J connectivity index is 0.00000300. The predicted molar refractivity (Wildman–Crippen MR) is 118 cm³/mol. The molecule has 0 amide bonds. The van der Waals surface area contributed by atoms with Gasteiger partial charge in [-0.25, -0.2) is 8.42 Å². The van der Waals surface area contributed by atoms with Crippen LogP contribution >= 0.6 is 12.4 Å². The summed E-state index contributed by atoms with van der Waals surface area (Å²) < 4.78 is 39.4. The van der Waals surface area contributed by atoms with Crippen molar-refractivity contribution in [3.8, 4) is 5.75 Å². The molecule has 0 spiro atoms. The molecule has 2 aromatic carbocycles. The van der Waals surface area contributed by atoms with Gasteiger partial charge in [0.2, 0.25) is 0 Å². The third-order valence-corrected chi connectivity index (χ3v) is 6.26. The second kappa shape index (κ2) is 10.2. The average Bonchev–Trinajstić information content (AvgIpc) is 2.73. The highest BCUT2D eigenvalue weighted by molar-refractivity contribution is 7.92. The smallest absolute Gasteiger partial charge is 0.261 e. The molecular formula is C20H28ClN3O4S. The summed E-state index contributed by atoms with van der Waals surface area (Å²) in [5, 5.41) is 3.30. The van der Waals surface area contributed by atoms with E-state index in [1.54, 1.807) is 44.6 Å². The van der Waals surface area contributed by atoms with E-state index in [-0.39, 0.29) is 23.4 Å². The standard InChI is InChI=1S/C20H27N3O4S.ClH/c1-15(26-2)16-5-4-6-17(13-16)22-28(24,25)18-7-8-20(27-3)19(14-18)23-11-9-21-10-12-23;/h4-8,13-15,21-22H,9-12H2,1-3H3;1H. The number of nitrogens with zero attached hydrogens (tertiary/aromatic N) is 1. The molecule has 0 bridgehead atoms. The van der Waals surface area contributed by atoms with Crippen LogP contribution in [0.1, 0.15) is 18.6 Å². The van der Waals surface area contributed by atoms with Crippen molar-refractivity contribution in [2.45, 2.75) is 17.9 Å². The number of halogens is 1. The molecule has 0 radical (unpaired) electrons. The second-order valence-electron chi connectivity index (χ2n) is 6.68. The fraction of sp³-hybridized carbons (Fsp3) is 0.400. The zero-order valence-electron chi connectivity index (χ0n) is 16.8. The zero-order chi connectivity index (χ0) is 20.1. The van der Waals surface area contributed by atoms with Crippen molar-refractivity contribution >= 4 is 33.8 Å². The molecule has 0 aliphatic carbocycles. The van der Waals surface area contributed by atoms with E-state index in [4.69, 9.17) is 9.47 Å². The number of ether oxygens (including phenoxy) is 2. The largest absolute Gasteiger partial charge is 0.495 e. The number of methoxy groups -OCH3 is 2. The molecule has 1 saturated heterocycles. The Morgan fingerprint density at radius 2 is 1.83 bits per heavy atom. The highest BCUT2D eigenvalue weighted by atomic mass is 35.5. The fourth-order valence-corrected chi connectivity index (χ4v) is 4.26. The minimum atomic E-state index is -3.74. The van der Waals surface area contributed by atoms with Gasteiger partial charge >= 0.3 is 0 Å². The molecule has 1 aliphatic heterocycles. The molecule has 1 unspecified atom stereocenters. The number of nitrogens with one attached hydrogen (secondary N) is 2. The highest BCUT2D eigenvalue weighted by Gasteiger charge is 2.21. The molecule has 2 N–H and O–H groups in total. The van der Waals surface area contributed by atoms with Gasteiger partial charge in [-0.3, -0.25) is 4.72 Å². The fourth-order valence-electron chi connectivity index (χ4n) is 3.19. The van der Waals surface area contributed by atoms with Crippen LogP contribution in [0.2, 0.25) is 0 Å². The van der Waals surface area contributed by atoms with Gasteiger partial charge in [0.05, 0.1) is 23.8 Å². The first-order valence-electron chi connectivity index (χ1n) is 9.24. The first-order chi connectivity index (χ1) is 13.4. The molecule has 1 fully saturated rings. The van der Waals surface area contributed by atoms with E-state index in [1.165, 1.54) is 0 Å². The Labute approximate surface area is 178 Å². The molecule has 9 heteroatoms. The van der Waals surface area contributed by atoms with Gasteiger partial charge < -0.3 is 19.7 Å². The Hall–Kier alpha value is -2.00. The van der Waals surface area contributed by atoms with Crippen LogP contribution in [0.4, 0.5) is 11.4 Å². The molecule has 0 aromatic heterocycles. The van der Waals surface area contributed by atoms with Gasteiger partial charge in [-0.15, -0.1) is 12.4 Å². The molecule has 7 nitrogen and oxygen atoms in total. The van der Waals surface area contributed by atoms with Crippen LogP contribution in [-0.4, -0.2) is 48.8 Å². The lowest BCUT2D eigenvalue weighted by molar-refractivity contribution is 0.119. The molecule has 1 aliphatic rings. The molecule has 1 heterocycles. The van der Waals surface area contributed by atoms with Crippen LogP contribution in [0.25, 0.3) is 0 Å². The number of piperazine rings is 1. The van der Waals surface area contributed by atoms with Gasteiger partial charge in [0, 0.05) is 39.0 Å². The minimum Gasteiger partial charge on any atom is -0.495 e. The summed E-state index contributed by atoms with van der Waals surface area (Å²) in [4.78, 5) is 2.34. The molecule has 1 atom stereocenters. The normalized spacial score (nSPS) is 15.3.